The van der Waals surface area contributed by atoms with Crippen LogP contribution in [0.25, 0.3) is 10.9 Å². The Morgan fingerprint density at radius 3 is 2.53 bits per heavy atom. The van der Waals surface area contributed by atoms with Gasteiger partial charge >= 0.3 is 0 Å². The third-order valence-electron chi connectivity index (χ3n) is 4.73. The summed E-state index contributed by atoms with van der Waals surface area (Å²) in [5, 5.41) is 6.51. The van der Waals surface area contributed by atoms with E-state index >= 15 is 0 Å². The molecular formula is C20H24N4O5S. The van der Waals surface area contributed by atoms with Crippen LogP contribution in [-0.2, 0) is 26.0 Å². The molecule has 9 nitrogen and oxygen atoms in total. The number of anilines is 1. The molecule has 2 aromatic heterocycles. The first-order valence-electron chi connectivity index (χ1n) is 9.56. The van der Waals surface area contributed by atoms with Gasteiger partial charge in [-0.2, -0.15) is 0 Å². The largest absolute Gasteiger partial charge is 0.360 e. The summed E-state index contributed by atoms with van der Waals surface area (Å²) in [5.41, 5.74) is 0.615. The van der Waals surface area contributed by atoms with Gasteiger partial charge in [0.2, 0.25) is 11.8 Å². The smallest absolute Gasteiger partial charge is 0.242 e. The maximum Gasteiger partial charge on any atom is 0.242 e. The average Bonchev–Trinajstić information content (AvgIpc) is 3.26. The summed E-state index contributed by atoms with van der Waals surface area (Å²) in [6.07, 6.45) is 1.43. The van der Waals surface area contributed by atoms with E-state index in [1.807, 2.05) is 13.8 Å². The predicted molar refractivity (Wildman–Crippen MR) is 112 cm³/mol. The number of nitrogens with one attached hydrogen (secondary N) is 1. The molecule has 0 aliphatic carbocycles. The van der Waals surface area contributed by atoms with E-state index in [0.717, 1.165) is 0 Å². The lowest BCUT2D eigenvalue weighted by Crippen LogP contribution is -2.33. The van der Waals surface area contributed by atoms with Crippen molar-refractivity contribution in [3.05, 3.63) is 42.3 Å². The Labute approximate surface area is 174 Å². The van der Waals surface area contributed by atoms with Gasteiger partial charge in [-0.1, -0.05) is 23.4 Å². The van der Waals surface area contributed by atoms with Gasteiger partial charge in [-0.25, -0.2) is 8.42 Å². The number of carbonyl (C=O) groups excluding carboxylic acids is 2. The first-order chi connectivity index (χ1) is 14.2. The minimum Gasteiger partial charge on any atom is -0.360 e. The molecule has 0 aliphatic heterocycles. The molecule has 30 heavy (non-hydrogen) atoms. The first kappa shape index (κ1) is 21.6. The van der Waals surface area contributed by atoms with Crippen LogP contribution in [0.3, 0.4) is 0 Å². The van der Waals surface area contributed by atoms with E-state index in [-0.39, 0.29) is 23.2 Å². The van der Waals surface area contributed by atoms with Gasteiger partial charge in [0, 0.05) is 36.3 Å². The molecule has 0 bridgehead atoms. The van der Waals surface area contributed by atoms with Gasteiger partial charge in [0.25, 0.3) is 0 Å². The summed E-state index contributed by atoms with van der Waals surface area (Å²) >= 11 is 0. The zero-order chi connectivity index (χ0) is 21.9. The highest BCUT2D eigenvalue weighted by Gasteiger charge is 2.25. The van der Waals surface area contributed by atoms with E-state index in [1.54, 1.807) is 40.7 Å². The molecule has 2 heterocycles. The molecule has 0 unspecified atom stereocenters. The van der Waals surface area contributed by atoms with Crippen molar-refractivity contribution < 1.29 is 22.5 Å². The van der Waals surface area contributed by atoms with Crippen molar-refractivity contribution >= 4 is 38.4 Å². The van der Waals surface area contributed by atoms with Crippen LogP contribution in [0.2, 0.25) is 0 Å². The second kappa shape index (κ2) is 8.70. The third kappa shape index (κ3) is 4.54. The predicted octanol–water partition coefficient (Wildman–Crippen LogP) is 2.22. The maximum absolute atomic E-state index is 13.0. The number of aryl methyl sites for hydroxylation is 1. The SMILES string of the molecule is CCN(CC)C(=O)Cn1cc(S(=O)(=O)CC(=O)Nc2cc(C)on2)c2ccccc21. The zero-order valence-corrected chi connectivity index (χ0v) is 17.9. The number of para-hydroxylation sites is 1. The molecule has 2 amide bonds. The van der Waals surface area contributed by atoms with Gasteiger partial charge < -0.3 is 19.3 Å². The molecule has 0 saturated carbocycles. The minimum atomic E-state index is -3.96. The van der Waals surface area contributed by atoms with Crippen molar-refractivity contribution in [1.29, 1.82) is 0 Å². The van der Waals surface area contributed by atoms with Crippen molar-refractivity contribution in [3.8, 4) is 0 Å². The fourth-order valence-electron chi connectivity index (χ4n) is 3.27. The highest BCUT2D eigenvalue weighted by Crippen LogP contribution is 2.26. The number of amides is 2. The van der Waals surface area contributed by atoms with Crippen LogP contribution in [-0.4, -0.2) is 53.7 Å². The van der Waals surface area contributed by atoms with Crippen LogP contribution < -0.4 is 5.32 Å². The van der Waals surface area contributed by atoms with E-state index in [1.165, 1.54) is 12.3 Å². The summed E-state index contributed by atoms with van der Waals surface area (Å²) in [4.78, 5) is 26.5. The normalized spacial score (nSPS) is 11.6. The molecule has 3 aromatic rings. The third-order valence-corrected chi connectivity index (χ3v) is 6.36. The first-order valence-corrected chi connectivity index (χ1v) is 11.2. The molecule has 0 saturated heterocycles. The summed E-state index contributed by atoms with van der Waals surface area (Å²) in [6, 6.07) is 8.41. The number of hydrogen-bond acceptors (Lipinski definition) is 6. The van der Waals surface area contributed by atoms with Gasteiger partial charge in [0.05, 0.1) is 4.90 Å². The second-order valence-corrected chi connectivity index (χ2v) is 8.79. The Balaban J connectivity index is 1.89. The average molecular weight is 433 g/mol. The number of benzene rings is 1. The molecule has 1 N–H and O–H groups in total. The van der Waals surface area contributed by atoms with Crippen LogP contribution in [0, 0.1) is 6.92 Å². The van der Waals surface area contributed by atoms with Crippen molar-refractivity contribution in [1.82, 2.24) is 14.6 Å². The zero-order valence-electron chi connectivity index (χ0n) is 17.1. The van der Waals surface area contributed by atoms with Gasteiger partial charge in [-0.15, -0.1) is 0 Å². The fraction of sp³-hybridized carbons (Fsp3) is 0.350. The lowest BCUT2D eigenvalue weighted by atomic mass is 10.2. The molecular weight excluding hydrogens is 408 g/mol. The van der Waals surface area contributed by atoms with Crippen molar-refractivity contribution in [3.63, 3.8) is 0 Å². The van der Waals surface area contributed by atoms with Crippen LogP contribution in [0.1, 0.15) is 19.6 Å². The molecule has 0 atom stereocenters. The van der Waals surface area contributed by atoms with Gasteiger partial charge in [-0.05, 0) is 26.8 Å². The standard InChI is InChI=1S/C20H24N4O5S/c1-4-23(5-2)20(26)12-24-11-17(15-8-6-7-9-16(15)24)30(27,28)13-19(25)21-18-10-14(3)29-22-18/h6-11H,4-5,12-13H2,1-3H3,(H,21,22,25). The fourth-order valence-corrected chi connectivity index (χ4v) is 4.64. The number of sulfone groups is 1. The molecule has 10 heteroatoms. The van der Waals surface area contributed by atoms with E-state index in [2.05, 4.69) is 10.5 Å². The summed E-state index contributed by atoms with van der Waals surface area (Å²) in [5.74, 6) is -0.936. The molecule has 0 spiro atoms. The number of fused-ring (bicyclic) bond motifs is 1. The Kier molecular flexibility index (Phi) is 6.25. The molecule has 1 aromatic carbocycles. The van der Waals surface area contributed by atoms with E-state index in [0.29, 0.717) is 29.8 Å². The minimum absolute atomic E-state index is 0.0110. The van der Waals surface area contributed by atoms with Gasteiger partial charge in [0.1, 0.15) is 18.1 Å². The van der Waals surface area contributed by atoms with E-state index < -0.39 is 21.5 Å². The van der Waals surface area contributed by atoms with Crippen molar-refractivity contribution in [2.45, 2.75) is 32.2 Å². The summed E-state index contributed by atoms with van der Waals surface area (Å²) < 4.78 is 32.4. The molecule has 160 valence electrons. The monoisotopic (exact) mass is 432 g/mol. The molecule has 0 aliphatic rings. The number of nitrogens with zero attached hydrogens (tertiary/aromatic N) is 3. The Hall–Kier alpha value is -3.14. The number of rotatable bonds is 8. The molecule has 3 rings (SSSR count). The topological polar surface area (TPSA) is 115 Å². The molecule has 0 radical (unpaired) electrons. The maximum atomic E-state index is 13.0. The van der Waals surface area contributed by atoms with Crippen LogP contribution in [0.4, 0.5) is 5.82 Å². The lowest BCUT2D eigenvalue weighted by Gasteiger charge is -2.19. The second-order valence-electron chi connectivity index (χ2n) is 6.83. The van der Waals surface area contributed by atoms with Crippen molar-refractivity contribution in [2.75, 3.05) is 24.2 Å². The summed E-state index contributed by atoms with van der Waals surface area (Å²) in [6.45, 7) is 6.60. The number of aromatic nitrogens is 2. The highest BCUT2D eigenvalue weighted by atomic mass is 32.2. The van der Waals surface area contributed by atoms with Crippen LogP contribution in [0.15, 0.2) is 45.9 Å². The Morgan fingerprint density at radius 2 is 1.90 bits per heavy atom. The summed E-state index contributed by atoms with van der Waals surface area (Å²) in [7, 11) is -3.96. The Bertz CT molecular complexity index is 1170. The van der Waals surface area contributed by atoms with E-state index in [4.69, 9.17) is 4.52 Å². The van der Waals surface area contributed by atoms with Crippen molar-refractivity contribution in [2.24, 2.45) is 0 Å². The lowest BCUT2D eigenvalue weighted by molar-refractivity contribution is -0.131. The van der Waals surface area contributed by atoms with Gasteiger partial charge in [-0.3, -0.25) is 9.59 Å². The number of likely N-dealkylation sites (N-methyl/N-ethyl adjacent to an activating group) is 1. The molecule has 0 fully saturated rings. The van der Waals surface area contributed by atoms with Crippen LogP contribution >= 0.6 is 0 Å². The number of hydrogen-bond donors (Lipinski definition) is 1. The highest BCUT2D eigenvalue weighted by molar-refractivity contribution is 7.92. The van der Waals surface area contributed by atoms with Gasteiger partial charge in [0.15, 0.2) is 15.7 Å². The van der Waals surface area contributed by atoms with E-state index in [9.17, 15) is 18.0 Å². The number of carbonyl (C=O) groups is 2. The quantitative estimate of drug-likeness (QED) is 0.584. The Morgan fingerprint density at radius 1 is 1.20 bits per heavy atom. The van der Waals surface area contributed by atoms with Crippen LogP contribution in [0.5, 0.6) is 0 Å².